The fourth-order valence-corrected chi connectivity index (χ4v) is 3.54. The quantitative estimate of drug-likeness (QED) is 0.468. The lowest BCUT2D eigenvalue weighted by atomic mass is 10.0. The van der Waals surface area contributed by atoms with Crippen LogP contribution in [0.2, 0.25) is 0 Å². The second-order valence-electron chi connectivity index (χ2n) is 5.19. The topological polar surface area (TPSA) is 41.5 Å². The van der Waals surface area contributed by atoms with Crippen LogP contribution in [0.5, 0.6) is 0 Å². The molecule has 0 saturated heterocycles. The number of amides is 1. The monoisotopic (exact) mass is 398 g/mol. The summed E-state index contributed by atoms with van der Waals surface area (Å²) in [4.78, 5) is 13.2. The third-order valence-corrected chi connectivity index (χ3v) is 5.24. The number of hydrazone groups is 1. The van der Waals surface area contributed by atoms with Crippen LogP contribution >= 0.6 is 27.3 Å². The van der Waals surface area contributed by atoms with Crippen LogP contribution in [0.3, 0.4) is 0 Å². The summed E-state index contributed by atoms with van der Waals surface area (Å²) in [7, 11) is 0. The molecule has 5 heteroatoms. The first-order chi connectivity index (χ1) is 11.6. The Bertz CT molecular complexity index is 870. The molecule has 3 nitrogen and oxygen atoms in total. The van der Waals surface area contributed by atoms with Crippen molar-refractivity contribution in [2.75, 3.05) is 0 Å². The maximum absolute atomic E-state index is 12.2. The summed E-state index contributed by atoms with van der Waals surface area (Å²) in [6.45, 7) is 1.87. The van der Waals surface area contributed by atoms with Crippen LogP contribution in [0.25, 0.3) is 11.1 Å². The molecule has 1 N–H and O–H groups in total. The van der Waals surface area contributed by atoms with Crippen LogP contribution in [0.15, 0.2) is 75.6 Å². The van der Waals surface area contributed by atoms with E-state index in [1.165, 1.54) is 0 Å². The van der Waals surface area contributed by atoms with Gasteiger partial charge in [-0.05, 0) is 58.2 Å². The predicted molar refractivity (Wildman–Crippen MR) is 104 cm³/mol. The minimum absolute atomic E-state index is 0.218. The third-order valence-electron chi connectivity index (χ3n) is 3.51. The zero-order valence-corrected chi connectivity index (χ0v) is 15.4. The third kappa shape index (κ3) is 3.99. The van der Waals surface area contributed by atoms with Gasteiger partial charge in [0.1, 0.15) is 0 Å². The van der Waals surface area contributed by atoms with Crippen molar-refractivity contribution in [1.82, 2.24) is 5.43 Å². The maximum Gasteiger partial charge on any atom is 0.271 e. The molecule has 120 valence electrons. The zero-order valence-electron chi connectivity index (χ0n) is 13.0. The molecule has 0 fully saturated rings. The molecule has 0 unspecified atom stereocenters. The Morgan fingerprint density at radius 3 is 2.25 bits per heavy atom. The molecular formula is C19H15BrN2OS. The van der Waals surface area contributed by atoms with Crippen molar-refractivity contribution in [3.05, 3.63) is 81.0 Å². The van der Waals surface area contributed by atoms with E-state index in [2.05, 4.69) is 26.5 Å². The number of hydrogen-bond acceptors (Lipinski definition) is 3. The second-order valence-corrected chi connectivity index (χ2v) is 7.65. The fraction of sp³-hybridized carbons (Fsp3) is 0.0526. The number of benzene rings is 2. The van der Waals surface area contributed by atoms with E-state index in [1.54, 1.807) is 11.3 Å². The maximum atomic E-state index is 12.2. The summed E-state index contributed by atoms with van der Waals surface area (Å²) in [5, 5.41) is 4.17. The van der Waals surface area contributed by atoms with E-state index in [1.807, 2.05) is 73.7 Å². The van der Waals surface area contributed by atoms with Crippen molar-refractivity contribution in [3.63, 3.8) is 0 Å². The summed E-state index contributed by atoms with van der Waals surface area (Å²) in [6, 6.07) is 21.5. The summed E-state index contributed by atoms with van der Waals surface area (Å²) in [6.07, 6.45) is 0. The summed E-state index contributed by atoms with van der Waals surface area (Å²) in [5.74, 6) is -0.218. The number of rotatable bonds is 4. The van der Waals surface area contributed by atoms with Crippen LogP contribution < -0.4 is 5.43 Å². The van der Waals surface area contributed by atoms with E-state index in [0.29, 0.717) is 5.56 Å². The van der Waals surface area contributed by atoms with Crippen molar-refractivity contribution in [2.24, 2.45) is 5.10 Å². The minimum atomic E-state index is -0.218. The van der Waals surface area contributed by atoms with Gasteiger partial charge in [0.2, 0.25) is 0 Å². The van der Waals surface area contributed by atoms with Crippen molar-refractivity contribution in [1.29, 1.82) is 0 Å². The Morgan fingerprint density at radius 2 is 1.62 bits per heavy atom. The second kappa shape index (κ2) is 7.55. The molecule has 3 aromatic rings. The SMILES string of the molecule is C/C(=N\NC(=O)c1ccc(-c2ccccc2)cc1)c1ccc(Br)s1. The van der Waals surface area contributed by atoms with Crippen LogP contribution in [0.1, 0.15) is 22.2 Å². The van der Waals surface area contributed by atoms with E-state index in [-0.39, 0.29) is 5.91 Å². The normalized spacial score (nSPS) is 11.3. The van der Waals surface area contributed by atoms with Gasteiger partial charge in [-0.25, -0.2) is 5.43 Å². The lowest BCUT2D eigenvalue weighted by molar-refractivity contribution is 0.0955. The molecule has 0 radical (unpaired) electrons. The van der Waals surface area contributed by atoms with Crippen LogP contribution in [-0.4, -0.2) is 11.6 Å². The van der Waals surface area contributed by atoms with Gasteiger partial charge >= 0.3 is 0 Å². The highest BCUT2D eigenvalue weighted by Crippen LogP contribution is 2.22. The molecule has 0 bridgehead atoms. The Balaban J connectivity index is 1.69. The molecule has 3 rings (SSSR count). The van der Waals surface area contributed by atoms with Crippen LogP contribution in [0.4, 0.5) is 0 Å². The number of hydrogen-bond donors (Lipinski definition) is 1. The summed E-state index contributed by atoms with van der Waals surface area (Å²) < 4.78 is 1.04. The molecule has 1 aromatic heterocycles. The first-order valence-corrected chi connectivity index (χ1v) is 9.00. The van der Waals surface area contributed by atoms with E-state index in [4.69, 9.17) is 0 Å². The number of halogens is 1. The van der Waals surface area contributed by atoms with Gasteiger partial charge in [0.25, 0.3) is 5.91 Å². The molecule has 0 saturated carbocycles. The fourth-order valence-electron chi connectivity index (χ4n) is 2.21. The van der Waals surface area contributed by atoms with Crippen LogP contribution in [0, 0.1) is 0 Å². The van der Waals surface area contributed by atoms with Crippen molar-refractivity contribution < 1.29 is 4.79 Å². The van der Waals surface area contributed by atoms with Gasteiger partial charge < -0.3 is 0 Å². The molecule has 0 spiro atoms. The Morgan fingerprint density at radius 1 is 0.958 bits per heavy atom. The Hall–Kier alpha value is -2.24. The van der Waals surface area contributed by atoms with E-state index in [0.717, 1.165) is 25.5 Å². The van der Waals surface area contributed by atoms with Crippen LogP contribution in [-0.2, 0) is 0 Å². The van der Waals surface area contributed by atoms with Gasteiger partial charge in [-0.1, -0.05) is 42.5 Å². The predicted octanol–water partition coefficient (Wildman–Crippen LogP) is 5.33. The summed E-state index contributed by atoms with van der Waals surface area (Å²) in [5.41, 5.74) is 6.17. The highest BCUT2D eigenvalue weighted by atomic mass is 79.9. The number of carbonyl (C=O) groups excluding carboxylic acids is 1. The number of nitrogens with zero attached hydrogens (tertiary/aromatic N) is 1. The molecule has 0 aliphatic carbocycles. The Labute approximate surface area is 153 Å². The molecule has 24 heavy (non-hydrogen) atoms. The highest BCUT2D eigenvalue weighted by molar-refractivity contribution is 9.11. The number of nitrogens with one attached hydrogen (secondary N) is 1. The average molecular weight is 399 g/mol. The van der Waals surface area contributed by atoms with Gasteiger partial charge in [0, 0.05) is 5.56 Å². The first-order valence-electron chi connectivity index (χ1n) is 7.39. The van der Waals surface area contributed by atoms with Gasteiger partial charge in [-0.15, -0.1) is 11.3 Å². The Kier molecular flexibility index (Phi) is 5.23. The van der Waals surface area contributed by atoms with E-state index in [9.17, 15) is 4.79 Å². The molecule has 0 atom stereocenters. The summed E-state index contributed by atoms with van der Waals surface area (Å²) >= 11 is 5.00. The van der Waals surface area contributed by atoms with Crippen molar-refractivity contribution in [3.8, 4) is 11.1 Å². The van der Waals surface area contributed by atoms with Crippen molar-refractivity contribution in [2.45, 2.75) is 6.92 Å². The van der Waals surface area contributed by atoms with E-state index < -0.39 is 0 Å². The van der Waals surface area contributed by atoms with Gasteiger partial charge in [-0.3, -0.25) is 4.79 Å². The molecule has 1 heterocycles. The number of carbonyl (C=O) groups is 1. The molecule has 2 aromatic carbocycles. The molecular weight excluding hydrogens is 384 g/mol. The lowest BCUT2D eigenvalue weighted by Crippen LogP contribution is -2.19. The lowest BCUT2D eigenvalue weighted by Gasteiger charge is -2.04. The zero-order chi connectivity index (χ0) is 16.9. The standard InChI is InChI=1S/C19H15BrN2OS/c1-13(17-11-12-18(20)24-17)21-22-19(23)16-9-7-15(8-10-16)14-5-3-2-4-6-14/h2-12H,1H3,(H,22,23)/b21-13+. The van der Waals surface area contributed by atoms with Gasteiger partial charge in [-0.2, -0.15) is 5.10 Å². The van der Waals surface area contributed by atoms with Gasteiger partial charge in [0.15, 0.2) is 0 Å². The smallest absolute Gasteiger partial charge is 0.267 e. The molecule has 0 aliphatic heterocycles. The largest absolute Gasteiger partial charge is 0.271 e. The van der Waals surface area contributed by atoms with Gasteiger partial charge in [0.05, 0.1) is 14.4 Å². The number of thiophene rings is 1. The minimum Gasteiger partial charge on any atom is -0.267 e. The highest BCUT2D eigenvalue weighted by Gasteiger charge is 2.06. The molecule has 0 aliphatic rings. The molecule has 1 amide bonds. The van der Waals surface area contributed by atoms with E-state index >= 15 is 0 Å². The average Bonchev–Trinajstić information content (AvgIpc) is 3.07. The van der Waals surface area contributed by atoms with Crippen molar-refractivity contribution >= 4 is 38.9 Å². The first kappa shape index (κ1) is 16.6.